The zero-order valence-corrected chi connectivity index (χ0v) is 13.8. The number of allylic oxidation sites excluding steroid dienone is 1. The molecule has 1 heterocycles. The summed E-state index contributed by atoms with van der Waals surface area (Å²) in [5.41, 5.74) is 2.93. The van der Waals surface area contributed by atoms with E-state index in [0.717, 1.165) is 25.7 Å². The maximum Gasteiger partial charge on any atom is 0.307 e. The maximum atomic E-state index is 10.8. The highest BCUT2D eigenvalue weighted by atomic mass is 16.4. The molecule has 3 nitrogen and oxygen atoms in total. The average Bonchev–Trinajstić information content (AvgIpc) is 2.62. The van der Waals surface area contributed by atoms with E-state index in [1.165, 1.54) is 43.5 Å². The third-order valence-corrected chi connectivity index (χ3v) is 5.56. The number of carboxylic acid groups (broad SMARTS) is 1. The van der Waals surface area contributed by atoms with Gasteiger partial charge in [-0.1, -0.05) is 48.4 Å². The molecular weight excluding hydrogens is 286 g/mol. The summed E-state index contributed by atoms with van der Waals surface area (Å²) in [5.74, 6) is -0.728. The molecule has 3 rings (SSSR count). The first kappa shape index (κ1) is 16.3. The second-order valence-electron chi connectivity index (χ2n) is 6.91. The van der Waals surface area contributed by atoms with Gasteiger partial charge in [-0.05, 0) is 57.2 Å². The number of aliphatic carboxylic acids is 1. The van der Waals surface area contributed by atoms with E-state index in [4.69, 9.17) is 5.11 Å². The van der Waals surface area contributed by atoms with Crippen molar-refractivity contribution in [2.75, 3.05) is 13.1 Å². The third-order valence-electron chi connectivity index (χ3n) is 5.56. The Kier molecular flexibility index (Phi) is 5.16. The van der Waals surface area contributed by atoms with Crippen LogP contribution in [-0.4, -0.2) is 29.1 Å². The van der Waals surface area contributed by atoms with Crippen molar-refractivity contribution >= 4 is 5.97 Å². The first-order valence-electron chi connectivity index (χ1n) is 8.91. The van der Waals surface area contributed by atoms with E-state index in [1.807, 2.05) is 6.08 Å². The fraction of sp³-hybridized carbons (Fsp3) is 0.550. The molecule has 0 bridgehead atoms. The number of likely N-dealkylation sites (tertiary alicyclic amines) is 1. The first-order chi connectivity index (χ1) is 11.2. The molecule has 1 aromatic rings. The molecule has 2 fully saturated rings. The molecule has 0 aromatic heterocycles. The SMILES string of the molecule is O=C(O)CC=C1CCC(c2ccccc2)(N2CCCCC2)CC1. The monoisotopic (exact) mass is 313 g/mol. The van der Waals surface area contributed by atoms with Gasteiger partial charge in [-0.25, -0.2) is 0 Å². The summed E-state index contributed by atoms with van der Waals surface area (Å²) in [6, 6.07) is 10.9. The van der Waals surface area contributed by atoms with Crippen LogP contribution in [0.1, 0.15) is 56.9 Å². The molecule has 1 aliphatic carbocycles. The van der Waals surface area contributed by atoms with Gasteiger partial charge in [-0.3, -0.25) is 9.69 Å². The van der Waals surface area contributed by atoms with Crippen molar-refractivity contribution < 1.29 is 9.90 Å². The van der Waals surface area contributed by atoms with Crippen molar-refractivity contribution in [1.29, 1.82) is 0 Å². The molecule has 1 aliphatic heterocycles. The van der Waals surface area contributed by atoms with Crippen molar-refractivity contribution in [2.24, 2.45) is 0 Å². The maximum absolute atomic E-state index is 10.8. The Balaban J connectivity index is 1.81. The van der Waals surface area contributed by atoms with E-state index in [1.54, 1.807) is 0 Å². The number of nitrogens with zero attached hydrogens (tertiary/aromatic N) is 1. The van der Waals surface area contributed by atoms with Crippen molar-refractivity contribution in [2.45, 2.75) is 56.9 Å². The average molecular weight is 313 g/mol. The molecule has 0 unspecified atom stereocenters. The van der Waals surface area contributed by atoms with E-state index in [9.17, 15) is 4.79 Å². The van der Waals surface area contributed by atoms with Crippen LogP contribution in [-0.2, 0) is 10.3 Å². The smallest absolute Gasteiger partial charge is 0.307 e. The molecule has 1 N–H and O–H groups in total. The molecular formula is C20H27NO2. The topological polar surface area (TPSA) is 40.5 Å². The molecule has 23 heavy (non-hydrogen) atoms. The summed E-state index contributed by atoms with van der Waals surface area (Å²) in [6.45, 7) is 2.39. The number of carboxylic acids is 1. The Bertz CT molecular complexity index is 548. The number of hydrogen-bond acceptors (Lipinski definition) is 2. The van der Waals surface area contributed by atoms with Crippen LogP contribution < -0.4 is 0 Å². The Morgan fingerprint density at radius 3 is 2.35 bits per heavy atom. The Hall–Kier alpha value is -1.61. The fourth-order valence-electron chi connectivity index (χ4n) is 4.28. The van der Waals surface area contributed by atoms with Crippen LogP contribution in [0.2, 0.25) is 0 Å². The lowest BCUT2D eigenvalue weighted by Gasteiger charge is -2.49. The molecule has 0 radical (unpaired) electrons. The molecule has 0 amide bonds. The first-order valence-corrected chi connectivity index (χ1v) is 8.91. The van der Waals surface area contributed by atoms with Crippen molar-refractivity contribution in [3.05, 3.63) is 47.5 Å². The van der Waals surface area contributed by atoms with Crippen LogP contribution in [0, 0.1) is 0 Å². The molecule has 1 saturated carbocycles. The Morgan fingerprint density at radius 1 is 1.09 bits per heavy atom. The highest BCUT2D eigenvalue weighted by Gasteiger charge is 2.40. The number of rotatable bonds is 4. The van der Waals surface area contributed by atoms with E-state index >= 15 is 0 Å². The lowest BCUT2D eigenvalue weighted by molar-refractivity contribution is -0.136. The zero-order valence-electron chi connectivity index (χ0n) is 13.8. The predicted octanol–water partition coefficient (Wildman–Crippen LogP) is 4.34. The van der Waals surface area contributed by atoms with Crippen LogP contribution >= 0.6 is 0 Å². The van der Waals surface area contributed by atoms with Crippen molar-refractivity contribution in [3.63, 3.8) is 0 Å². The Labute approximate surface area is 139 Å². The lowest BCUT2D eigenvalue weighted by atomic mass is 9.73. The van der Waals surface area contributed by atoms with Crippen LogP contribution in [0.5, 0.6) is 0 Å². The van der Waals surface area contributed by atoms with Gasteiger partial charge in [0.15, 0.2) is 0 Å². The van der Waals surface area contributed by atoms with Crippen LogP contribution in [0.25, 0.3) is 0 Å². The largest absolute Gasteiger partial charge is 0.481 e. The highest BCUT2D eigenvalue weighted by molar-refractivity contribution is 5.68. The minimum atomic E-state index is -0.728. The van der Waals surface area contributed by atoms with Gasteiger partial charge in [0, 0.05) is 5.54 Å². The molecule has 124 valence electrons. The van der Waals surface area contributed by atoms with E-state index in [0.29, 0.717) is 0 Å². The van der Waals surface area contributed by atoms with Gasteiger partial charge < -0.3 is 5.11 Å². The summed E-state index contributed by atoms with van der Waals surface area (Å²) in [4.78, 5) is 13.5. The van der Waals surface area contributed by atoms with Crippen LogP contribution in [0.3, 0.4) is 0 Å². The Morgan fingerprint density at radius 2 is 1.74 bits per heavy atom. The number of benzene rings is 1. The second-order valence-corrected chi connectivity index (χ2v) is 6.91. The molecule has 0 atom stereocenters. The van der Waals surface area contributed by atoms with Crippen molar-refractivity contribution in [1.82, 2.24) is 4.90 Å². The van der Waals surface area contributed by atoms with Gasteiger partial charge in [0.25, 0.3) is 0 Å². The summed E-state index contributed by atoms with van der Waals surface area (Å²) < 4.78 is 0. The van der Waals surface area contributed by atoms with Gasteiger partial charge in [0.05, 0.1) is 6.42 Å². The molecule has 2 aliphatic rings. The molecule has 1 aromatic carbocycles. The van der Waals surface area contributed by atoms with Crippen molar-refractivity contribution in [3.8, 4) is 0 Å². The summed E-state index contributed by atoms with van der Waals surface area (Å²) in [5, 5.41) is 8.88. The zero-order chi connectivity index (χ0) is 16.1. The minimum Gasteiger partial charge on any atom is -0.481 e. The number of piperidine rings is 1. The lowest BCUT2D eigenvalue weighted by Crippen LogP contribution is -2.50. The fourth-order valence-corrected chi connectivity index (χ4v) is 4.28. The summed E-state index contributed by atoms with van der Waals surface area (Å²) >= 11 is 0. The van der Waals surface area contributed by atoms with Gasteiger partial charge >= 0.3 is 5.97 Å². The van der Waals surface area contributed by atoms with Crippen LogP contribution in [0.4, 0.5) is 0 Å². The van der Waals surface area contributed by atoms with E-state index in [-0.39, 0.29) is 12.0 Å². The molecule has 3 heteroatoms. The summed E-state index contributed by atoms with van der Waals surface area (Å²) in [7, 11) is 0. The van der Waals surface area contributed by atoms with Gasteiger partial charge in [-0.15, -0.1) is 0 Å². The molecule has 0 spiro atoms. The van der Waals surface area contributed by atoms with Gasteiger partial charge in [0.2, 0.25) is 0 Å². The minimum absolute atomic E-state index is 0.155. The second kappa shape index (κ2) is 7.31. The normalized spacial score (nSPS) is 26.0. The number of carbonyl (C=O) groups is 1. The third kappa shape index (κ3) is 3.66. The quantitative estimate of drug-likeness (QED) is 0.840. The van der Waals surface area contributed by atoms with Crippen LogP contribution in [0.15, 0.2) is 42.0 Å². The number of hydrogen-bond donors (Lipinski definition) is 1. The standard InChI is InChI=1S/C20H27NO2/c22-19(23)10-9-17-11-13-20(14-12-17,18-7-3-1-4-8-18)21-15-5-2-6-16-21/h1,3-4,7-9H,2,5-6,10-16H2,(H,22,23). The molecule has 1 saturated heterocycles. The van der Waals surface area contributed by atoms with Gasteiger partial charge in [-0.2, -0.15) is 0 Å². The van der Waals surface area contributed by atoms with Gasteiger partial charge in [0.1, 0.15) is 0 Å². The summed E-state index contributed by atoms with van der Waals surface area (Å²) in [6.07, 6.45) is 10.3. The van der Waals surface area contributed by atoms with E-state index in [2.05, 4.69) is 35.2 Å². The predicted molar refractivity (Wildman–Crippen MR) is 92.3 cm³/mol. The van der Waals surface area contributed by atoms with E-state index < -0.39 is 5.97 Å². The highest BCUT2D eigenvalue weighted by Crippen LogP contribution is 2.45.